The SMILES string of the molecule is Nc1nc(I)nc2c1ncn2[C@@H]1O[C@H](CO)[C@@H](O)[C@@H]1F. The number of aliphatic hydroxyl groups is 2. The molecule has 0 aromatic carbocycles. The van der Waals surface area contributed by atoms with Crippen molar-refractivity contribution in [1.29, 1.82) is 0 Å². The lowest BCUT2D eigenvalue weighted by Crippen LogP contribution is -2.30. The fourth-order valence-corrected chi connectivity index (χ4v) is 2.66. The number of nitrogens with zero attached hydrogens (tertiary/aromatic N) is 4. The summed E-state index contributed by atoms with van der Waals surface area (Å²) < 4.78 is 21.1. The maximum atomic E-state index is 14.1. The van der Waals surface area contributed by atoms with Gasteiger partial charge in [-0.05, 0) is 0 Å². The van der Waals surface area contributed by atoms with Crippen molar-refractivity contribution >= 4 is 39.6 Å². The maximum Gasteiger partial charge on any atom is 0.194 e. The Labute approximate surface area is 125 Å². The number of aliphatic hydroxyl groups excluding tert-OH is 2. The smallest absolute Gasteiger partial charge is 0.194 e. The third kappa shape index (κ3) is 2.03. The molecule has 0 unspecified atom stereocenters. The molecule has 0 spiro atoms. The molecule has 1 saturated heterocycles. The number of halogens is 2. The van der Waals surface area contributed by atoms with Gasteiger partial charge in [-0.2, -0.15) is 0 Å². The van der Waals surface area contributed by atoms with Crippen LogP contribution in [-0.4, -0.2) is 54.7 Å². The van der Waals surface area contributed by atoms with E-state index in [0.717, 1.165) is 0 Å². The van der Waals surface area contributed by atoms with E-state index >= 15 is 0 Å². The van der Waals surface area contributed by atoms with Crippen LogP contribution in [0.5, 0.6) is 0 Å². The van der Waals surface area contributed by atoms with Gasteiger partial charge < -0.3 is 20.7 Å². The van der Waals surface area contributed by atoms with Crippen molar-refractivity contribution in [3.05, 3.63) is 10.2 Å². The van der Waals surface area contributed by atoms with Gasteiger partial charge in [0.05, 0.1) is 12.9 Å². The first kappa shape index (κ1) is 13.9. The molecule has 0 amide bonds. The summed E-state index contributed by atoms with van der Waals surface area (Å²) in [5.41, 5.74) is 6.38. The molecule has 1 aliphatic rings. The first-order chi connectivity index (χ1) is 9.52. The minimum Gasteiger partial charge on any atom is -0.394 e. The number of ether oxygens (including phenoxy) is 1. The summed E-state index contributed by atoms with van der Waals surface area (Å²) in [7, 11) is 0. The number of nitrogen functional groups attached to an aromatic ring is 1. The highest BCUT2D eigenvalue weighted by Gasteiger charge is 2.45. The van der Waals surface area contributed by atoms with Crippen LogP contribution >= 0.6 is 22.6 Å². The Morgan fingerprint density at radius 1 is 1.50 bits per heavy atom. The molecular weight excluding hydrogens is 384 g/mol. The highest BCUT2D eigenvalue weighted by molar-refractivity contribution is 14.1. The number of rotatable bonds is 2. The maximum absolute atomic E-state index is 14.1. The molecule has 2 aromatic rings. The zero-order valence-corrected chi connectivity index (χ0v) is 12.2. The number of fused-ring (bicyclic) bond motifs is 1. The molecule has 4 atom stereocenters. The Hall–Kier alpha value is -1.11. The third-order valence-electron chi connectivity index (χ3n) is 3.17. The lowest BCUT2D eigenvalue weighted by Gasteiger charge is -2.15. The molecule has 3 rings (SSSR count). The van der Waals surface area contributed by atoms with Gasteiger partial charge in [0.15, 0.2) is 27.7 Å². The Kier molecular flexibility index (Phi) is 3.48. The van der Waals surface area contributed by atoms with E-state index < -0.39 is 31.2 Å². The molecule has 108 valence electrons. The molecule has 1 aliphatic heterocycles. The zero-order valence-electron chi connectivity index (χ0n) is 10.0. The molecule has 0 bridgehead atoms. The average Bonchev–Trinajstić information content (AvgIpc) is 2.93. The van der Waals surface area contributed by atoms with Crippen molar-refractivity contribution in [2.24, 2.45) is 0 Å². The van der Waals surface area contributed by atoms with Crippen molar-refractivity contribution in [2.45, 2.75) is 24.6 Å². The first-order valence-electron chi connectivity index (χ1n) is 5.77. The zero-order chi connectivity index (χ0) is 14.4. The van der Waals surface area contributed by atoms with Crippen molar-refractivity contribution in [2.75, 3.05) is 12.3 Å². The molecule has 0 radical (unpaired) electrons. The Bertz CT molecular complexity index is 653. The van der Waals surface area contributed by atoms with Crippen molar-refractivity contribution < 1.29 is 19.3 Å². The number of imidazole rings is 1. The first-order valence-corrected chi connectivity index (χ1v) is 6.84. The number of hydrogen-bond acceptors (Lipinski definition) is 7. The monoisotopic (exact) mass is 395 g/mol. The number of anilines is 1. The molecule has 0 saturated carbocycles. The highest BCUT2D eigenvalue weighted by atomic mass is 127. The molecule has 4 N–H and O–H groups in total. The van der Waals surface area contributed by atoms with Crippen LogP contribution in [-0.2, 0) is 4.74 Å². The van der Waals surface area contributed by atoms with E-state index in [1.54, 1.807) is 0 Å². The van der Waals surface area contributed by atoms with Crippen molar-refractivity contribution in [3.63, 3.8) is 0 Å². The highest BCUT2D eigenvalue weighted by Crippen LogP contribution is 2.33. The van der Waals surface area contributed by atoms with Crippen LogP contribution < -0.4 is 5.73 Å². The van der Waals surface area contributed by atoms with Crippen LogP contribution in [0.4, 0.5) is 10.2 Å². The Morgan fingerprint density at radius 2 is 2.25 bits per heavy atom. The molecule has 3 heterocycles. The number of aromatic nitrogens is 4. The van der Waals surface area contributed by atoms with Crippen molar-refractivity contribution in [3.8, 4) is 0 Å². The van der Waals surface area contributed by atoms with Crippen LogP contribution in [0.15, 0.2) is 6.33 Å². The fourth-order valence-electron chi connectivity index (χ4n) is 2.18. The summed E-state index contributed by atoms with van der Waals surface area (Å²) in [6.45, 7) is -0.473. The van der Waals surface area contributed by atoms with Gasteiger partial charge in [0.2, 0.25) is 0 Å². The minimum atomic E-state index is -1.70. The molecular formula is C10H11FIN5O3. The second-order valence-electron chi connectivity index (χ2n) is 4.38. The summed E-state index contributed by atoms with van der Waals surface area (Å²) in [6, 6.07) is 0. The van der Waals surface area contributed by atoms with E-state index in [9.17, 15) is 9.50 Å². The molecule has 1 fully saturated rings. The van der Waals surface area contributed by atoms with E-state index in [1.807, 2.05) is 22.6 Å². The fraction of sp³-hybridized carbons (Fsp3) is 0.500. The number of nitrogens with two attached hydrogens (primary N) is 1. The second kappa shape index (κ2) is 5.02. The van der Waals surface area contributed by atoms with Gasteiger partial charge in [-0.1, -0.05) is 0 Å². The van der Waals surface area contributed by atoms with Crippen LogP contribution in [0.2, 0.25) is 0 Å². The van der Waals surface area contributed by atoms with Gasteiger partial charge in [-0.25, -0.2) is 19.3 Å². The minimum absolute atomic E-state index is 0.186. The van der Waals surface area contributed by atoms with Gasteiger partial charge in [0, 0.05) is 22.6 Å². The summed E-state index contributed by atoms with van der Waals surface area (Å²) in [4.78, 5) is 12.2. The summed E-state index contributed by atoms with van der Waals surface area (Å²) in [6.07, 6.45) is -3.86. The van der Waals surface area contributed by atoms with E-state index in [1.165, 1.54) is 10.9 Å². The van der Waals surface area contributed by atoms with Crippen LogP contribution in [0.1, 0.15) is 6.23 Å². The lowest BCUT2D eigenvalue weighted by atomic mass is 10.1. The summed E-state index contributed by atoms with van der Waals surface area (Å²) in [5.74, 6) is 0.186. The average molecular weight is 395 g/mol. The predicted molar refractivity (Wildman–Crippen MR) is 74.4 cm³/mol. The normalized spacial score (nSPS) is 30.2. The summed E-state index contributed by atoms with van der Waals surface area (Å²) in [5, 5.41) is 18.7. The standard InChI is InChI=1S/C10H11FIN5O3/c11-4-6(19)3(1-18)20-9(4)17-2-14-5-7(13)15-10(12)16-8(5)17/h2-4,6,9,18-19H,1H2,(H2,13,15,16)/t3-,4+,6-,9-/m1/s1. The largest absolute Gasteiger partial charge is 0.394 e. The van der Waals surface area contributed by atoms with E-state index in [2.05, 4.69) is 15.0 Å². The molecule has 2 aromatic heterocycles. The molecule has 8 nitrogen and oxygen atoms in total. The van der Waals surface area contributed by atoms with E-state index in [4.69, 9.17) is 15.6 Å². The van der Waals surface area contributed by atoms with Gasteiger partial charge in [0.25, 0.3) is 0 Å². The van der Waals surface area contributed by atoms with Crippen molar-refractivity contribution in [1.82, 2.24) is 19.5 Å². The van der Waals surface area contributed by atoms with Gasteiger partial charge in [0.1, 0.15) is 17.7 Å². The quantitative estimate of drug-likeness (QED) is 0.468. The van der Waals surface area contributed by atoms with Crippen LogP contribution in [0.3, 0.4) is 0 Å². The van der Waals surface area contributed by atoms with Gasteiger partial charge in [-0.3, -0.25) is 4.57 Å². The second-order valence-corrected chi connectivity index (χ2v) is 5.35. The topological polar surface area (TPSA) is 119 Å². The summed E-state index contributed by atoms with van der Waals surface area (Å²) >= 11 is 1.88. The van der Waals surface area contributed by atoms with E-state index in [-0.39, 0.29) is 5.82 Å². The van der Waals surface area contributed by atoms with Gasteiger partial charge >= 0.3 is 0 Å². The van der Waals surface area contributed by atoms with Crippen LogP contribution in [0.25, 0.3) is 11.2 Å². The van der Waals surface area contributed by atoms with Crippen LogP contribution in [0, 0.1) is 3.83 Å². The Morgan fingerprint density at radius 3 is 2.90 bits per heavy atom. The number of hydrogen-bond donors (Lipinski definition) is 3. The number of alkyl halides is 1. The Balaban J connectivity index is 2.07. The van der Waals surface area contributed by atoms with E-state index in [0.29, 0.717) is 15.0 Å². The lowest BCUT2D eigenvalue weighted by molar-refractivity contribution is -0.0459. The molecule has 10 heteroatoms. The third-order valence-corrected chi connectivity index (χ3v) is 3.65. The molecule has 20 heavy (non-hydrogen) atoms. The van der Waals surface area contributed by atoms with Gasteiger partial charge in [-0.15, -0.1) is 0 Å². The predicted octanol–water partition coefficient (Wildman–Crippen LogP) is -0.398. The molecule has 0 aliphatic carbocycles.